The van der Waals surface area contributed by atoms with Gasteiger partial charge < -0.3 is 9.90 Å². The number of ketones is 1. The van der Waals surface area contributed by atoms with Gasteiger partial charge in [0.15, 0.2) is 0 Å². The number of hydrogen-bond donors (Lipinski definition) is 0. The normalized spacial score (nSPS) is 27.9. The lowest BCUT2D eigenvalue weighted by Crippen LogP contribution is -2.68. The SMILES string of the molecule is CC[N+]1(C(=O)C(=O)C(C)(C)C)CCCCC1C(=O)[O-]. The van der Waals surface area contributed by atoms with Gasteiger partial charge in [0.25, 0.3) is 5.78 Å². The van der Waals surface area contributed by atoms with Crippen molar-refractivity contribution in [2.45, 2.75) is 53.0 Å². The van der Waals surface area contributed by atoms with Crippen LogP contribution in [0.4, 0.5) is 0 Å². The Morgan fingerprint density at radius 3 is 2.21 bits per heavy atom. The number of likely N-dealkylation sites (tertiary alicyclic amines) is 1. The molecule has 1 saturated heterocycles. The van der Waals surface area contributed by atoms with Crippen molar-refractivity contribution in [1.29, 1.82) is 0 Å². The quantitative estimate of drug-likeness (QED) is 0.544. The lowest BCUT2D eigenvalue weighted by Gasteiger charge is -2.45. The summed E-state index contributed by atoms with van der Waals surface area (Å²) in [5, 5.41) is 11.3. The highest BCUT2D eigenvalue weighted by atomic mass is 16.4. The summed E-state index contributed by atoms with van der Waals surface area (Å²) in [6, 6.07) is -0.891. The van der Waals surface area contributed by atoms with Crippen LogP contribution in [0.25, 0.3) is 0 Å². The first-order chi connectivity index (χ1) is 8.66. The summed E-state index contributed by atoms with van der Waals surface area (Å²) in [6.45, 7) is 7.52. The number of likely N-dealkylation sites (N-methyl/N-ethyl adjacent to an activating group) is 1. The topological polar surface area (TPSA) is 74.3 Å². The number of piperidine rings is 1. The molecule has 0 aliphatic carbocycles. The molecule has 0 aromatic carbocycles. The summed E-state index contributed by atoms with van der Waals surface area (Å²) in [4.78, 5) is 36.1. The van der Waals surface area contributed by atoms with Crippen molar-refractivity contribution in [2.24, 2.45) is 5.41 Å². The zero-order chi connectivity index (χ0) is 14.8. The van der Waals surface area contributed by atoms with E-state index in [0.717, 1.165) is 12.8 Å². The molecule has 0 bridgehead atoms. The van der Waals surface area contributed by atoms with Gasteiger partial charge in [-0.25, -0.2) is 9.28 Å². The molecule has 0 aromatic rings. The maximum absolute atomic E-state index is 12.5. The van der Waals surface area contributed by atoms with Crippen molar-refractivity contribution in [3.8, 4) is 0 Å². The highest BCUT2D eigenvalue weighted by Gasteiger charge is 2.50. The monoisotopic (exact) mass is 269 g/mol. The first-order valence-electron chi connectivity index (χ1n) is 6.83. The number of quaternary nitrogens is 1. The molecule has 0 aromatic heterocycles. The van der Waals surface area contributed by atoms with Crippen LogP contribution >= 0.6 is 0 Å². The zero-order valence-corrected chi connectivity index (χ0v) is 12.2. The van der Waals surface area contributed by atoms with E-state index in [1.807, 2.05) is 0 Å². The summed E-state index contributed by atoms with van der Waals surface area (Å²) in [7, 11) is 0. The molecular formula is C14H23NO4. The molecule has 1 fully saturated rings. The van der Waals surface area contributed by atoms with E-state index in [4.69, 9.17) is 0 Å². The van der Waals surface area contributed by atoms with Crippen molar-refractivity contribution >= 4 is 17.7 Å². The van der Waals surface area contributed by atoms with E-state index < -0.39 is 29.1 Å². The van der Waals surface area contributed by atoms with E-state index in [1.165, 1.54) is 0 Å². The molecule has 1 aliphatic heterocycles. The summed E-state index contributed by atoms with van der Waals surface area (Å²) < 4.78 is -0.279. The van der Waals surface area contributed by atoms with Crippen LogP contribution in [0, 0.1) is 5.41 Å². The molecule has 0 spiro atoms. The third kappa shape index (κ3) is 2.86. The highest BCUT2D eigenvalue weighted by Crippen LogP contribution is 2.29. The Morgan fingerprint density at radius 1 is 1.21 bits per heavy atom. The number of nitrogens with zero attached hydrogens (tertiary/aromatic N) is 1. The average molecular weight is 269 g/mol. The van der Waals surface area contributed by atoms with Gasteiger partial charge >= 0.3 is 5.91 Å². The van der Waals surface area contributed by atoms with Crippen molar-refractivity contribution in [3.63, 3.8) is 0 Å². The number of aliphatic carboxylic acids is 1. The van der Waals surface area contributed by atoms with E-state index in [0.29, 0.717) is 19.5 Å². The molecule has 0 N–H and O–H groups in total. The van der Waals surface area contributed by atoms with Gasteiger partial charge in [0.1, 0.15) is 6.04 Å². The summed E-state index contributed by atoms with van der Waals surface area (Å²) in [5.74, 6) is -2.30. The third-order valence-corrected chi connectivity index (χ3v) is 4.00. The van der Waals surface area contributed by atoms with Crippen LogP contribution in [-0.2, 0) is 14.4 Å². The van der Waals surface area contributed by atoms with Crippen LogP contribution in [0.1, 0.15) is 47.0 Å². The second-order valence-corrected chi connectivity index (χ2v) is 6.29. The smallest absolute Gasteiger partial charge is 0.382 e. The van der Waals surface area contributed by atoms with Crippen molar-refractivity contribution in [1.82, 2.24) is 0 Å². The molecule has 1 amide bonds. The van der Waals surface area contributed by atoms with E-state index in [-0.39, 0.29) is 4.48 Å². The molecular weight excluding hydrogens is 246 g/mol. The van der Waals surface area contributed by atoms with Gasteiger partial charge in [-0.1, -0.05) is 20.8 Å². The Labute approximate surface area is 114 Å². The predicted molar refractivity (Wildman–Crippen MR) is 67.8 cm³/mol. The van der Waals surface area contributed by atoms with Gasteiger partial charge in [0, 0.05) is 11.8 Å². The van der Waals surface area contributed by atoms with E-state index >= 15 is 0 Å². The number of carboxylic acid groups (broad SMARTS) is 1. The number of carboxylic acids is 1. The summed E-state index contributed by atoms with van der Waals surface area (Å²) in [5.41, 5.74) is -0.786. The molecule has 5 heteroatoms. The standard InChI is InChI=1S/C14H23NO4/c1-5-15(12(17)11(16)14(2,3)4)9-7-6-8-10(15)13(18)19/h10H,5-9H2,1-4H3. The molecule has 108 valence electrons. The molecule has 1 aliphatic rings. The first-order valence-corrected chi connectivity index (χ1v) is 6.83. The second kappa shape index (κ2) is 5.41. The van der Waals surface area contributed by atoms with E-state index in [1.54, 1.807) is 27.7 Å². The minimum absolute atomic E-state index is 0.279. The van der Waals surface area contributed by atoms with E-state index in [2.05, 4.69) is 0 Å². The number of carbonyl (C=O) groups is 3. The predicted octanol–water partition coefficient (Wildman–Crippen LogP) is 0.267. The molecule has 5 nitrogen and oxygen atoms in total. The molecule has 19 heavy (non-hydrogen) atoms. The van der Waals surface area contributed by atoms with Gasteiger partial charge in [-0.15, -0.1) is 0 Å². The lowest BCUT2D eigenvalue weighted by atomic mass is 9.87. The number of carbonyl (C=O) groups excluding carboxylic acids is 3. The van der Waals surface area contributed by atoms with Crippen LogP contribution in [0.5, 0.6) is 0 Å². The van der Waals surface area contributed by atoms with Crippen molar-refractivity contribution < 1.29 is 24.0 Å². The largest absolute Gasteiger partial charge is 0.544 e. The number of Topliss-reactive ketones (excluding diaryl/α,β-unsaturated/α-hetero) is 1. The minimum atomic E-state index is -1.23. The van der Waals surface area contributed by atoms with Gasteiger partial charge in [-0.2, -0.15) is 0 Å². The Morgan fingerprint density at radius 2 is 1.79 bits per heavy atom. The molecule has 1 rings (SSSR count). The van der Waals surface area contributed by atoms with Crippen LogP contribution in [0.3, 0.4) is 0 Å². The fourth-order valence-electron chi connectivity index (χ4n) is 2.74. The fraction of sp³-hybridized carbons (Fsp3) is 0.786. The van der Waals surface area contributed by atoms with Crippen LogP contribution in [0.2, 0.25) is 0 Å². The highest BCUT2D eigenvalue weighted by molar-refractivity contribution is 6.35. The molecule has 0 radical (unpaired) electrons. The summed E-state index contributed by atoms with van der Waals surface area (Å²) in [6.07, 6.45) is 1.93. The Kier molecular flexibility index (Phi) is 4.50. The maximum atomic E-state index is 12.5. The van der Waals surface area contributed by atoms with Crippen LogP contribution in [0.15, 0.2) is 0 Å². The number of amides is 1. The van der Waals surface area contributed by atoms with E-state index in [9.17, 15) is 19.5 Å². The Balaban J connectivity index is 3.17. The van der Waals surface area contributed by atoms with Crippen LogP contribution < -0.4 is 5.11 Å². The summed E-state index contributed by atoms with van der Waals surface area (Å²) >= 11 is 0. The van der Waals surface area contributed by atoms with Crippen molar-refractivity contribution in [3.05, 3.63) is 0 Å². The number of hydrogen-bond acceptors (Lipinski definition) is 4. The van der Waals surface area contributed by atoms with Gasteiger partial charge in [-0.3, -0.25) is 4.79 Å². The van der Waals surface area contributed by atoms with Crippen LogP contribution in [-0.4, -0.2) is 41.3 Å². The van der Waals surface area contributed by atoms with Gasteiger partial charge in [0.2, 0.25) is 0 Å². The van der Waals surface area contributed by atoms with Gasteiger partial charge in [-0.05, 0) is 19.8 Å². The maximum Gasteiger partial charge on any atom is 0.382 e. The Bertz CT molecular complexity index is 397. The fourth-order valence-corrected chi connectivity index (χ4v) is 2.74. The third-order valence-electron chi connectivity index (χ3n) is 4.00. The minimum Gasteiger partial charge on any atom is -0.544 e. The molecule has 0 saturated carbocycles. The molecule has 1 heterocycles. The zero-order valence-electron chi connectivity index (χ0n) is 12.2. The molecule has 2 unspecified atom stereocenters. The second-order valence-electron chi connectivity index (χ2n) is 6.29. The lowest BCUT2D eigenvalue weighted by molar-refractivity contribution is -0.873. The average Bonchev–Trinajstić information content (AvgIpc) is 2.35. The first kappa shape index (κ1) is 15.8. The molecule has 2 atom stereocenters. The van der Waals surface area contributed by atoms with Gasteiger partial charge in [0.05, 0.1) is 19.1 Å². The Hall–Kier alpha value is -1.23. The number of rotatable bonds is 3. The van der Waals surface area contributed by atoms with Crippen molar-refractivity contribution in [2.75, 3.05) is 13.1 Å².